The van der Waals surface area contributed by atoms with Gasteiger partial charge < -0.3 is 5.11 Å². The molecule has 0 spiro atoms. The van der Waals surface area contributed by atoms with E-state index in [2.05, 4.69) is 25.2 Å². The lowest BCUT2D eigenvalue weighted by atomic mass is 9.86. The van der Waals surface area contributed by atoms with Gasteiger partial charge in [0.2, 0.25) is 0 Å². The van der Waals surface area contributed by atoms with Crippen LogP contribution in [0.25, 0.3) is 0 Å². The maximum absolute atomic E-state index is 14.6. The van der Waals surface area contributed by atoms with Gasteiger partial charge in [0.25, 0.3) is 0 Å². The van der Waals surface area contributed by atoms with E-state index in [-0.39, 0.29) is 17.8 Å². The fourth-order valence-electron chi connectivity index (χ4n) is 3.64. The first-order chi connectivity index (χ1) is 11.5. The summed E-state index contributed by atoms with van der Waals surface area (Å²) >= 11 is 1.75. The highest BCUT2D eigenvalue weighted by Crippen LogP contribution is 2.67. The zero-order valence-corrected chi connectivity index (χ0v) is 15.2. The molecule has 0 aliphatic heterocycles. The van der Waals surface area contributed by atoms with Crippen LogP contribution in [0.1, 0.15) is 37.5 Å². The minimum Gasteiger partial charge on any atom is -0.394 e. The van der Waals surface area contributed by atoms with Gasteiger partial charge in [0.15, 0.2) is 5.82 Å². The molecule has 3 rings (SSSR count). The summed E-state index contributed by atoms with van der Waals surface area (Å²) in [5.41, 5.74) is 0.114. The molecule has 0 amide bonds. The number of nitrogens with zero attached hydrogens (tertiary/aromatic N) is 3. The lowest BCUT2D eigenvalue weighted by molar-refractivity contribution is 0.264. The van der Waals surface area contributed by atoms with Gasteiger partial charge in [0.05, 0.1) is 18.6 Å². The number of benzene rings is 1. The number of rotatable bonds is 7. The van der Waals surface area contributed by atoms with Crippen molar-refractivity contribution in [2.75, 3.05) is 18.6 Å². The van der Waals surface area contributed by atoms with Gasteiger partial charge in [-0.25, -0.2) is 14.1 Å². The molecule has 0 unspecified atom stereocenters. The van der Waals surface area contributed by atoms with E-state index >= 15 is 0 Å². The van der Waals surface area contributed by atoms with Crippen LogP contribution in [-0.2, 0) is 18.4 Å². The van der Waals surface area contributed by atoms with Crippen LogP contribution in [0.5, 0.6) is 0 Å². The molecule has 1 aromatic carbocycles. The Labute approximate surface area is 146 Å². The summed E-state index contributed by atoms with van der Waals surface area (Å²) in [5.74, 6) is 2.29. The smallest absolute Gasteiger partial charge is 0.151 e. The van der Waals surface area contributed by atoms with E-state index < -0.39 is 5.41 Å². The molecule has 4 nitrogen and oxygen atoms in total. The first-order valence-electron chi connectivity index (χ1n) is 8.25. The number of aromatic nitrogens is 3. The topological polar surface area (TPSA) is 50.9 Å². The van der Waals surface area contributed by atoms with Crippen LogP contribution in [0.2, 0.25) is 0 Å². The van der Waals surface area contributed by atoms with Crippen LogP contribution >= 0.6 is 11.8 Å². The van der Waals surface area contributed by atoms with E-state index in [1.165, 1.54) is 6.07 Å². The van der Waals surface area contributed by atoms with Crippen molar-refractivity contribution in [2.45, 2.75) is 38.6 Å². The molecule has 6 heteroatoms. The molecule has 1 N–H and O–H groups in total. The van der Waals surface area contributed by atoms with Crippen molar-refractivity contribution in [1.82, 2.24) is 14.8 Å². The van der Waals surface area contributed by atoms with Gasteiger partial charge in [-0.05, 0) is 24.2 Å². The molecular formula is C18H24FN3OS. The highest BCUT2D eigenvalue weighted by Gasteiger charge is 2.66. The normalized spacial score (nSPS) is 21.9. The monoisotopic (exact) mass is 349 g/mol. The highest BCUT2D eigenvalue weighted by atomic mass is 32.2. The summed E-state index contributed by atoms with van der Waals surface area (Å²) in [6.45, 7) is 4.65. The second-order valence-corrected chi connectivity index (χ2v) is 7.97. The first kappa shape index (κ1) is 17.4. The summed E-state index contributed by atoms with van der Waals surface area (Å²) < 4.78 is 16.3. The predicted octanol–water partition coefficient (Wildman–Crippen LogP) is 3.03. The molecule has 1 saturated carbocycles. The summed E-state index contributed by atoms with van der Waals surface area (Å²) in [4.78, 5) is 4.77. The fourth-order valence-corrected chi connectivity index (χ4v) is 4.03. The summed E-state index contributed by atoms with van der Waals surface area (Å²) in [6, 6.07) is 6.94. The van der Waals surface area contributed by atoms with Crippen LogP contribution < -0.4 is 0 Å². The Bertz CT molecular complexity index is 731. The Hall–Kier alpha value is -1.40. The molecule has 130 valence electrons. The summed E-state index contributed by atoms with van der Waals surface area (Å²) in [5, 5.41) is 14.0. The summed E-state index contributed by atoms with van der Waals surface area (Å²) in [6.07, 6.45) is 3.66. The van der Waals surface area contributed by atoms with E-state index in [0.29, 0.717) is 12.1 Å². The van der Waals surface area contributed by atoms with Gasteiger partial charge in [-0.1, -0.05) is 32.0 Å². The van der Waals surface area contributed by atoms with Crippen LogP contribution in [0.3, 0.4) is 0 Å². The Balaban J connectivity index is 2.10. The molecule has 1 aliphatic carbocycles. The second kappa shape index (κ2) is 6.48. The van der Waals surface area contributed by atoms with Gasteiger partial charge in [0.1, 0.15) is 11.6 Å². The number of hydrogen-bond donors (Lipinski definition) is 1. The van der Waals surface area contributed by atoms with Gasteiger partial charge in [-0.15, -0.1) is 0 Å². The largest absolute Gasteiger partial charge is 0.394 e. The quantitative estimate of drug-likeness (QED) is 0.835. The molecule has 0 saturated heterocycles. The molecule has 2 aromatic rings. The van der Waals surface area contributed by atoms with Crippen LogP contribution in [0, 0.1) is 11.2 Å². The SMILES string of the molecule is CSCCc1nc([C@@]2(c3ccccc3F)CC2(C)C)n(CCO)n1. The van der Waals surface area contributed by atoms with Crippen molar-refractivity contribution < 1.29 is 9.50 Å². The zero-order valence-electron chi connectivity index (χ0n) is 14.4. The van der Waals surface area contributed by atoms with E-state index in [4.69, 9.17) is 4.98 Å². The van der Waals surface area contributed by atoms with E-state index in [1.807, 2.05) is 12.1 Å². The van der Waals surface area contributed by atoms with Gasteiger partial charge >= 0.3 is 0 Å². The third-order valence-corrected chi connectivity index (χ3v) is 5.62. The Kier molecular flexibility index (Phi) is 4.71. The number of thioether (sulfide) groups is 1. The first-order valence-corrected chi connectivity index (χ1v) is 9.64. The average Bonchev–Trinajstić information content (AvgIpc) is 2.91. The molecular weight excluding hydrogens is 325 g/mol. The van der Waals surface area contributed by atoms with Crippen LogP contribution in [-0.4, -0.2) is 38.5 Å². The van der Waals surface area contributed by atoms with Crippen molar-refractivity contribution in [1.29, 1.82) is 0 Å². The third-order valence-electron chi connectivity index (χ3n) is 5.01. The van der Waals surface area contributed by atoms with Gasteiger partial charge in [-0.3, -0.25) is 0 Å². The molecule has 1 fully saturated rings. The van der Waals surface area contributed by atoms with Crippen molar-refractivity contribution in [3.63, 3.8) is 0 Å². The molecule has 1 heterocycles. The Morgan fingerprint density at radius 1 is 1.33 bits per heavy atom. The van der Waals surface area contributed by atoms with E-state index in [0.717, 1.165) is 30.2 Å². The minimum atomic E-state index is -0.474. The number of halogens is 1. The molecule has 0 radical (unpaired) electrons. The third kappa shape index (κ3) is 2.75. The Morgan fingerprint density at radius 3 is 2.62 bits per heavy atom. The number of aryl methyl sites for hydroxylation is 1. The Morgan fingerprint density at radius 2 is 2.04 bits per heavy atom. The van der Waals surface area contributed by atoms with Gasteiger partial charge in [-0.2, -0.15) is 16.9 Å². The number of aliphatic hydroxyl groups is 1. The molecule has 0 bridgehead atoms. The molecule has 1 atom stereocenters. The zero-order chi connectivity index (χ0) is 17.4. The van der Waals surface area contributed by atoms with E-state index in [9.17, 15) is 9.50 Å². The van der Waals surface area contributed by atoms with Gasteiger partial charge in [0, 0.05) is 17.7 Å². The minimum absolute atomic E-state index is 0.00783. The van der Waals surface area contributed by atoms with Crippen molar-refractivity contribution >= 4 is 11.8 Å². The van der Waals surface area contributed by atoms with Crippen LogP contribution in [0.4, 0.5) is 4.39 Å². The number of hydrogen-bond acceptors (Lipinski definition) is 4. The second-order valence-electron chi connectivity index (χ2n) is 6.99. The van der Waals surface area contributed by atoms with Crippen molar-refractivity contribution in [3.8, 4) is 0 Å². The number of aliphatic hydroxyl groups excluding tert-OH is 1. The summed E-state index contributed by atoms with van der Waals surface area (Å²) in [7, 11) is 0. The maximum Gasteiger partial charge on any atom is 0.151 e. The average molecular weight is 349 g/mol. The van der Waals surface area contributed by atoms with E-state index in [1.54, 1.807) is 22.5 Å². The lowest BCUT2D eigenvalue weighted by Crippen LogP contribution is -2.24. The highest BCUT2D eigenvalue weighted by molar-refractivity contribution is 7.98. The van der Waals surface area contributed by atoms with Crippen molar-refractivity contribution in [3.05, 3.63) is 47.3 Å². The predicted molar refractivity (Wildman–Crippen MR) is 94.8 cm³/mol. The lowest BCUT2D eigenvalue weighted by Gasteiger charge is -2.21. The fraction of sp³-hybridized carbons (Fsp3) is 0.556. The van der Waals surface area contributed by atoms with Crippen molar-refractivity contribution in [2.24, 2.45) is 5.41 Å². The standard InChI is InChI=1S/C18H24FN3OS/c1-17(2)12-18(17,13-6-4-5-7-14(13)19)16-20-15(8-11-24-3)21-22(16)9-10-23/h4-7,23H,8-12H2,1-3H3/t18-/m0/s1. The molecule has 1 aromatic heterocycles. The van der Waals surface area contributed by atoms with Crippen LogP contribution in [0.15, 0.2) is 24.3 Å². The maximum atomic E-state index is 14.6. The molecule has 24 heavy (non-hydrogen) atoms. The molecule has 1 aliphatic rings.